The van der Waals surface area contributed by atoms with Gasteiger partial charge in [-0.15, -0.1) is 0 Å². The van der Waals surface area contributed by atoms with E-state index in [2.05, 4.69) is 38.0 Å². The van der Waals surface area contributed by atoms with Gasteiger partial charge in [0.15, 0.2) is 11.6 Å². The summed E-state index contributed by atoms with van der Waals surface area (Å²) >= 11 is 0. The summed E-state index contributed by atoms with van der Waals surface area (Å²) < 4.78 is 13.4. The summed E-state index contributed by atoms with van der Waals surface area (Å²) in [7, 11) is 0. The van der Waals surface area contributed by atoms with Crippen LogP contribution < -0.4 is 16.1 Å². The van der Waals surface area contributed by atoms with Gasteiger partial charge in [-0.2, -0.15) is 0 Å². The monoisotopic (exact) mass is 468 g/mol. The van der Waals surface area contributed by atoms with Crippen LogP contribution in [0.15, 0.2) is 24.3 Å². The van der Waals surface area contributed by atoms with E-state index in [9.17, 15) is 14.3 Å². The highest BCUT2D eigenvalue weighted by Gasteiger charge is 2.37. The lowest BCUT2D eigenvalue weighted by Crippen LogP contribution is -2.44. The number of nitrogens with one attached hydrogen (secondary N) is 3. The average Bonchev–Trinajstić information content (AvgIpc) is 2.98. The number of carboxylic acids is 1. The van der Waals surface area contributed by atoms with E-state index in [1.54, 1.807) is 12.1 Å². The zero-order valence-electron chi connectivity index (χ0n) is 19.6. The van der Waals surface area contributed by atoms with Gasteiger partial charge in [-0.1, -0.05) is 25.0 Å². The van der Waals surface area contributed by atoms with Crippen LogP contribution in [0.3, 0.4) is 0 Å². The molecule has 4 N–H and O–H groups in total. The van der Waals surface area contributed by atoms with Crippen molar-refractivity contribution in [3.63, 3.8) is 0 Å². The molecule has 1 aromatic heterocycles. The van der Waals surface area contributed by atoms with Gasteiger partial charge in [0.05, 0.1) is 0 Å². The maximum atomic E-state index is 13.4. The third kappa shape index (κ3) is 4.80. The number of aromatic nitrogens is 2. The molecule has 2 aromatic rings. The number of benzene rings is 1. The minimum Gasteiger partial charge on any atom is -0.475 e. The number of piperidine rings is 1. The number of nitrogens with zero attached hydrogens (tertiary/aromatic N) is 3. The van der Waals surface area contributed by atoms with Crippen LogP contribution in [0.5, 0.6) is 0 Å². The van der Waals surface area contributed by atoms with E-state index in [4.69, 9.17) is 0 Å². The van der Waals surface area contributed by atoms with Gasteiger partial charge in [0, 0.05) is 24.7 Å². The molecule has 3 aliphatic rings. The number of halogens is 1. The van der Waals surface area contributed by atoms with Crippen LogP contribution in [-0.4, -0.2) is 44.2 Å². The fraction of sp³-hybridized carbons (Fsp3) is 0.560. The van der Waals surface area contributed by atoms with Crippen molar-refractivity contribution >= 4 is 23.3 Å². The van der Waals surface area contributed by atoms with Gasteiger partial charge in [-0.3, -0.25) is 0 Å². The molecule has 8 nitrogen and oxygen atoms in total. The third-order valence-electron chi connectivity index (χ3n) is 7.63. The number of anilines is 3. The second-order valence-corrected chi connectivity index (χ2v) is 9.86. The summed E-state index contributed by atoms with van der Waals surface area (Å²) in [5.74, 6) is -0.172. The predicted octanol–water partition coefficient (Wildman–Crippen LogP) is 4.87. The number of carbonyl (C=O) groups is 1. The smallest absolute Gasteiger partial charge is 0.374 e. The van der Waals surface area contributed by atoms with Gasteiger partial charge in [0.1, 0.15) is 11.5 Å². The van der Waals surface area contributed by atoms with Crippen LogP contribution in [0.4, 0.5) is 21.7 Å². The Kier molecular flexibility index (Phi) is 6.54. The van der Waals surface area contributed by atoms with Crippen molar-refractivity contribution in [3.8, 4) is 0 Å². The number of hydrazine groups is 1. The van der Waals surface area contributed by atoms with Gasteiger partial charge in [0.2, 0.25) is 5.82 Å². The van der Waals surface area contributed by atoms with E-state index in [0.29, 0.717) is 41.9 Å². The quantitative estimate of drug-likeness (QED) is 0.413. The zero-order chi connectivity index (χ0) is 23.7. The molecule has 3 heterocycles. The van der Waals surface area contributed by atoms with Crippen molar-refractivity contribution in [1.82, 2.24) is 15.0 Å². The first-order valence-electron chi connectivity index (χ1n) is 12.4. The Morgan fingerprint density at radius 1 is 1.06 bits per heavy atom. The minimum atomic E-state index is -1.16. The molecule has 9 heteroatoms. The van der Waals surface area contributed by atoms with E-state index in [1.165, 1.54) is 25.0 Å². The molecule has 0 radical (unpaired) electrons. The van der Waals surface area contributed by atoms with Crippen LogP contribution >= 0.6 is 0 Å². The number of fused-ring (bicyclic) bond motifs is 2. The molecular weight excluding hydrogens is 435 g/mol. The Balaban J connectivity index is 1.48. The summed E-state index contributed by atoms with van der Waals surface area (Å²) in [5, 5.41) is 18.9. The zero-order valence-corrected chi connectivity index (χ0v) is 19.6. The summed E-state index contributed by atoms with van der Waals surface area (Å²) in [4.78, 5) is 20.7. The molecule has 0 amide bonds. The molecule has 1 aromatic carbocycles. The number of carboxylic acid groups (broad SMARTS) is 1. The molecule has 2 aliphatic heterocycles. The fourth-order valence-corrected chi connectivity index (χ4v) is 5.40. The molecule has 0 spiro atoms. The first-order valence-corrected chi connectivity index (χ1v) is 12.4. The first kappa shape index (κ1) is 22.8. The molecule has 1 aliphatic carbocycles. The minimum absolute atomic E-state index is 0.163. The maximum absolute atomic E-state index is 13.4. The van der Waals surface area contributed by atoms with Crippen molar-refractivity contribution in [2.45, 2.75) is 83.0 Å². The second-order valence-electron chi connectivity index (χ2n) is 9.86. The summed E-state index contributed by atoms with van der Waals surface area (Å²) in [6, 6.07) is 7.35. The highest BCUT2D eigenvalue weighted by molar-refractivity contribution is 5.87. The average molecular weight is 469 g/mol. The third-order valence-corrected chi connectivity index (χ3v) is 7.63. The van der Waals surface area contributed by atoms with Crippen molar-refractivity contribution in [2.24, 2.45) is 5.92 Å². The van der Waals surface area contributed by atoms with Crippen molar-refractivity contribution in [2.75, 3.05) is 16.1 Å². The number of rotatable bonds is 9. The van der Waals surface area contributed by atoms with Crippen LogP contribution in [0, 0.1) is 11.7 Å². The Hall–Kier alpha value is -2.94. The normalized spacial score (nSPS) is 23.2. The Labute approximate surface area is 199 Å². The lowest BCUT2D eigenvalue weighted by atomic mass is 9.80. The molecule has 2 saturated heterocycles. The Bertz CT molecular complexity index is 1010. The van der Waals surface area contributed by atoms with Crippen LogP contribution in [0.2, 0.25) is 0 Å². The Morgan fingerprint density at radius 2 is 1.71 bits per heavy atom. The number of hydrogen-bond acceptors (Lipinski definition) is 7. The molecular formula is C25H33FN6O2. The van der Waals surface area contributed by atoms with Crippen LogP contribution in [0.1, 0.15) is 74.5 Å². The van der Waals surface area contributed by atoms with Gasteiger partial charge >= 0.3 is 5.97 Å². The Morgan fingerprint density at radius 3 is 2.32 bits per heavy atom. The molecule has 1 saturated carbocycles. The lowest BCUT2D eigenvalue weighted by molar-refractivity contribution is 0.0683. The van der Waals surface area contributed by atoms with Crippen molar-refractivity contribution in [1.29, 1.82) is 0 Å². The highest BCUT2D eigenvalue weighted by atomic mass is 19.1. The standard InChI is InChI=1S/C25H33FN6O2/c1-15(17-4-2-5-17)28-22-21(27-14-16-8-10-18(26)11-9-16)23(30-24(29-22)25(33)34)31-32-19-6-3-7-20(32)13-12-19/h8-11,15,17,19-20,27H,2-7,12-14H2,1H3,(H,33,34)(H2,28,29,30,31)/t15-,19+,20+/m1/s1. The fourth-order valence-electron chi connectivity index (χ4n) is 5.40. The second kappa shape index (κ2) is 9.74. The van der Waals surface area contributed by atoms with E-state index in [0.717, 1.165) is 44.1 Å². The number of hydrogen-bond donors (Lipinski definition) is 4. The van der Waals surface area contributed by atoms with E-state index < -0.39 is 5.97 Å². The van der Waals surface area contributed by atoms with E-state index >= 15 is 0 Å². The molecule has 2 bridgehead atoms. The van der Waals surface area contributed by atoms with Gasteiger partial charge in [-0.25, -0.2) is 24.2 Å². The van der Waals surface area contributed by atoms with Crippen molar-refractivity contribution < 1.29 is 14.3 Å². The topological polar surface area (TPSA) is 102 Å². The lowest BCUT2D eigenvalue weighted by Gasteiger charge is -2.36. The number of aromatic carboxylic acids is 1. The van der Waals surface area contributed by atoms with Gasteiger partial charge in [-0.05, 0) is 69.1 Å². The molecule has 0 unspecified atom stereocenters. The summed E-state index contributed by atoms with van der Waals surface area (Å²) in [6.07, 6.45) is 9.29. The van der Waals surface area contributed by atoms with Crippen LogP contribution in [0.25, 0.3) is 0 Å². The maximum Gasteiger partial charge on any atom is 0.374 e. The van der Waals surface area contributed by atoms with Crippen molar-refractivity contribution in [3.05, 3.63) is 41.5 Å². The van der Waals surface area contributed by atoms with Gasteiger partial charge in [0.25, 0.3) is 0 Å². The first-order chi connectivity index (χ1) is 16.5. The highest BCUT2D eigenvalue weighted by Crippen LogP contribution is 2.38. The predicted molar refractivity (Wildman–Crippen MR) is 129 cm³/mol. The largest absolute Gasteiger partial charge is 0.475 e. The summed E-state index contributed by atoms with van der Waals surface area (Å²) in [6.45, 7) is 2.55. The van der Waals surface area contributed by atoms with Crippen LogP contribution in [-0.2, 0) is 6.54 Å². The van der Waals surface area contributed by atoms with E-state index in [1.807, 2.05) is 0 Å². The SMILES string of the molecule is C[C@@H](Nc1nc(C(=O)O)nc(NN2[C@H]3CCC[C@H]2CC3)c1NCc1ccc(F)cc1)C1CCC1. The van der Waals surface area contributed by atoms with Gasteiger partial charge < -0.3 is 21.2 Å². The molecule has 3 atom stereocenters. The molecule has 182 valence electrons. The van der Waals surface area contributed by atoms with E-state index in [-0.39, 0.29) is 17.7 Å². The molecule has 3 fully saturated rings. The molecule has 5 rings (SSSR count). The molecule has 34 heavy (non-hydrogen) atoms. The summed E-state index contributed by atoms with van der Waals surface area (Å²) in [5.41, 5.74) is 5.03.